The molecular formula is C2H4N4+. The first-order chi connectivity index (χ1) is 2.89. The molecule has 3 N–H and O–H groups in total. The molecule has 0 atom stereocenters. The number of nitrogens with two attached hydrogens (primary N) is 1. The SMILES string of the molecule is NC1=CNN=[N+]1. The average molecular weight is 84.1 g/mol. The third-order valence-electron chi connectivity index (χ3n) is 0.436. The van der Waals surface area contributed by atoms with Gasteiger partial charge in [0.15, 0.2) is 6.20 Å². The van der Waals surface area contributed by atoms with Gasteiger partial charge in [-0.15, -0.1) is 0 Å². The fourth-order valence-electron chi connectivity index (χ4n) is 0.210. The van der Waals surface area contributed by atoms with Crippen LogP contribution in [0.25, 0.3) is 0 Å². The summed E-state index contributed by atoms with van der Waals surface area (Å²) >= 11 is 0. The van der Waals surface area contributed by atoms with Crippen molar-refractivity contribution in [1.29, 1.82) is 0 Å². The van der Waals surface area contributed by atoms with E-state index in [0.29, 0.717) is 5.82 Å². The molecular weight excluding hydrogens is 80.0 g/mol. The number of nitrogens with zero attached hydrogens (tertiary/aromatic N) is 2. The summed E-state index contributed by atoms with van der Waals surface area (Å²) in [6, 6.07) is 0. The van der Waals surface area contributed by atoms with Crippen LogP contribution in [0.4, 0.5) is 0 Å². The molecule has 0 unspecified atom stereocenters. The molecule has 4 heteroatoms. The van der Waals surface area contributed by atoms with E-state index in [1.54, 1.807) is 0 Å². The monoisotopic (exact) mass is 84.0 g/mol. The molecule has 0 bridgehead atoms. The van der Waals surface area contributed by atoms with E-state index < -0.39 is 0 Å². The predicted octanol–water partition coefficient (Wildman–Crippen LogP) is -0.950. The molecule has 0 aromatic carbocycles. The molecule has 6 heavy (non-hydrogen) atoms. The Hall–Kier alpha value is -1.06. The van der Waals surface area contributed by atoms with Crippen molar-refractivity contribution in [3.8, 4) is 0 Å². The highest BCUT2D eigenvalue weighted by atomic mass is 15.5. The molecule has 0 spiro atoms. The van der Waals surface area contributed by atoms with Crippen molar-refractivity contribution in [2.75, 3.05) is 0 Å². The maximum atomic E-state index is 5.07. The highest BCUT2D eigenvalue weighted by Gasteiger charge is 1.99. The van der Waals surface area contributed by atoms with E-state index >= 15 is 0 Å². The zero-order chi connectivity index (χ0) is 4.41. The van der Waals surface area contributed by atoms with Crippen molar-refractivity contribution in [3.05, 3.63) is 12.0 Å². The van der Waals surface area contributed by atoms with Crippen LogP contribution in [-0.4, -0.2) is 0 Å². The van der Waals surface area contributed by atoms with E-state index in [1.807, 2.05) is 0 Å². The topological polar surface area (TPSA) is 64.5 Å². The van der Waals surface area contributed by atoms with Crippen LogP contribution in [0.15, 0.2) is 17.2 Å². The molecule has 4 nitrogen and oxygen atoms in total. The highest BCUT2D eigenvalue weighted by Crippen LogP contribution is 1.76. The lowest BCUT2D eigenvalue weighted by Crippen LogP contribution is -1.96. The molecule has 0 fully saturated rings. The van der Waals surface area contributed by atoms with Crippen LogP contribution in [0.5, 0.6) is 0 Å². The summed E-state index contributed by atoms with van der Waals surface area (Å²) in [6.45, 7) is 0. The molecule has 1 heterocycles. The molecule has 0 amide bonds. The lowest BCUT2D eigenvalue weighted by Gasteiger charge is -1.59. The summed E-state index contributed by atoms with van der Waals surface area (Å²) in [6.07, 6.45) is 1.51. The molecule has 0 saturated heterocycles. The Bertz CT molecular complexity index is 99.4. The van der Waals surface area contributed by atoms with Crippen molar-refractivity contribution in [3.63, 3.8) is 0 Å². The highest BCUT2D eigenvalue weighted by molar-refractivity contribution is 4.90. The maximum absolute atomic E-state index is 5.07. The Kier molecular flexibility index (Phi) is 0.506. The van der Waals surface area contributed by atoms with E-state index in [1.165, 1.54) is 6.20 Å². The Morgan fingerprint density at radius 3 is 3.00 bits per heavy atom. The first-order valence-electron chi connectivity index (χ1n) is 1.51. The third kappa shape index (κ3) is 0.314. The molecule has 0 aromatic rings. The van der Waals surface area contributed by atoms with Crippen molar-refractivity contribution in [2.45, 2.75) is 0 Å². The zero-order valence-corrected chi connectivity index (χ0v) is 3.05. The fourth-order valence-corrected chi connectivity index (χ4v) is 0.210. The lowest BCUT2D eigenvalue weighted by atomic mass is 10.8. The zero-order valence-electron chi connectivity index (χ0n) is 3.05. The van der Waals surface area contributed by atoms with Gasteiger partial charge in [-0.25, -0.2) is 0 Å². The van der Waals surface area contributed by atoms with Gasteiger partial charge in [-0.05, 0) is 0 Å². The van der Waals surface area contributed by atoms with Crippen LogP contribution >= 0.6 is 0 Å². The molecule has 1 aliphatic heterocycles. The second-order valence-electron chi connectivity index (χ2n) is 0.898. The van der Waals surface area contributed by atoms with Gasteiger partial charge in [0, 0.05) is 5.11 Å². The van der Waals surface area contributed by atoms with Gasteiger partial charge in [-0.3, -0.25) is 0 Å². The lowest BCUT2D eigenvalue weighted by molar-refractivity contribution is 0.870. The van der Waals surface area contributed by atoms with Crippen LogP contribution in [0.3, 0.4) is 0 Å². The van der Waals surface area contributed by atoms with Crippen LogP contribution < -0.4 is 16.3 Å². The van der Waals surface area contributed by atoms with E-state index in [2.05, 4.69) is 15.8 Å². The Morgan fingerprint density at radius 2 is 2.83 bits per heavy atom. The minimum atomic E-state index is 0.426. The van der Waals surface area contributed by atoms with Gasteiger partial charge in [-0.2, -0.15) is 5.43 Å². The van der Waals surface area contributed by atoms with E-state index in [4.69, 9.17) is 5.73 Å². The number of hydrogen-bond acceptors (Lipinski definition) is 4. The minimum absolute atomic E-state index is 0.426. The van der Waals surface area contributed by atoms with Gasteiger partial charge in [0.25, 0.3) is 0 Å². The number of rotatable bonds is 0. The van der Waals surface area contributed by atoms with E-state index in [9.17, 15) is 0 Å². The van der Waals surface area contributed by atoms with Gasteiger partial charge in [-0.1, -0.05) is 0 Å². The predicted molar refractivity (Wildman–Crippen MR) is 20.0 cm³/mol. The molecule has 31 valence electrons. The molecule has 1 radical (unpaired) electrons. The van der Waals surface area contributed by atoms with Gasteiger partial charge in [0.1, 0.15) is 0 Å². The maximum Gasteiger partial charge on any atom is 0.313 e. The van der Waals surface area contributed by atoms with Crippen molar-refractivity contribution in [1.82, 2.24) is 10.5 Å². The molecule has 0 saturated carbocycles. The first kappa shape index (κ1) is 3.14. The van der Waals surface area contributed by atoms with E-state index in [0.717, 1.165) is 0 Å². The molecule has 1 aliphatic rings. The first-order valence-corrected chi connectivity index (χ1v) is 1.51. The van der Waals surface area contributed by atoms with Crippen LogP contribution in [0, 0.1) is 0 Å². The minimum Gasteiger partial charge on any atom is -0.312 e. The Labute approximate surface area is 34.7 Å². The molecule has 0 aromatic heterocycles. The second kappa shape index (κ2) is 0.965. The normalized spacial score (nSPS) is 17.0. The Morgan fingerprint density at radius 1 is 2.00 bits per heavy atom. The van der Waals surface area contributed by atoms with Gasteiger partial charge < -0.3 is 5.73 Å². The van der Waals surface area contributed by atoms with E-state index in [-0.39, 0.29) is 0 Å². The summed E-state index contributed by atoms with van der Waals surface area (Å²) in [5, 5.41) is 6.71. The van der Waals surface area contributed by atoms with Gasteiger partial charge in [0.05, 0.1) is 5.22 Å². The van der Waals surface area contributed by atoms with Gasteiger partial charge >= 0.3 is 5.82 Å². The summed E-state index contributed by atoms with van der Waals surface area (Å²) in [5.41, 5.74) is 7.52. The van der Waals surface area contributed by atoms with Gasteiger partial charge in [0.2, 0.25) is 0 Å². The number of nitrogens with one attached hydrogen (secondary N) is 1. The van der Waals surface area contributed by atoms with Crippen LogP contribution in [0.1, 0.15) is 0 Å². The largest absolute Gasteiger partial charge is 0.313 e. The summed E-state index contributed by atoms with van der Waals surface area (Å²) in [5.74, 6) is 0.426. The third-order valence-corrected chi connectivity index (χ3v) is 0.436. The average Bonchev–Trinajstić information content (AvgIpc) is 1.86. The number of hydrogen-bond donors (Lipinski definition) is 2. The van der Waals surface area contributed by atoms with Crippen LogP contribution in [0.2, 0.25) is 0 Å². The fraction of sp³-hybridized carbons (Fsp3) is 0. The molecule has 1 rings (SSSR count). The standard InChI is InChI=1S/C2H4N4/c3-2-1-4-6-5-2/h1H,3H2,(H,4,6)/q+1. The summed E-state index contributed by atoms with van der Waals surface area (Å²) in [4.78, 5) is 0. The summed E-state index contributed by atoms with van der Waals surface area (Å²) in [7, 11) is 0. The summed E-state index contributed by atoms with van der Waals surface area (Å²) < 4.78 is 0. The van der Waals surface area contributed by atoms with Crippen LogP contribution in [-0.2, 0) is 0 Å². The Balaban J connectivity index is 2.68. The smallest absolute Gasteiger partial charge is 0.312 e. The quantitative estimate of drug-likeness (QED) is 0.397. The second-order valence-corrected chi connectivity index (χ2v) is 0.898. The molecule has 0 aliphatic carbocycles. The van der Waals surface area contributed by atoms with Crippen molar-refractivity contribution < 1.29 is 0 Å². The van der Waals surface area contributed by atoms with Crippen molar-refractivity contribution in [2.24, 2.45) is 11.0 Å². The van der Waals surface area contributed by atoms with Crippen molar-refractivity contribution >= 4 is 0 Å².